The van der Waals surface area contributed by atoms with Gasteiger partial charge in [0.15, 0.2) is 0 Å². The number of nitrogens with one attached hydrogen (secondary N) is 1. The third kappa shape index (κ3) is 3.43. The van der Waals surface area contributed by atoms with Crippen LogP contribution in [0, 0.1) is 17.3 Å². The first-order valence-electron chi connectivity index (χ1n) is 8.88. The Hall–Kier alpha value is -2.24. The smallest absolute Gasteiger partial charge is 0.235 e. The van der Waals surface area contributed by atoms with Crippen molar-refractivity contribution in [3.05, 3.63) is 24.3 Å². The lowest BCUT2D eigenvalue weighted by Crippen LogP contribution is -2.52. The fraction of sp³-hybridized carbons (Fsp3) is 0.579. The number of hydrogen-bond donors (Lipinski definition) is 2. The van der Waals surface area contributed by atoms with Gasteiger partial charge in [-0.1, -0.05) is 32.9 Å². The van der Waals surface area contributed by atoms with E-state index in [9.17, 15) is 14.7 Å². The summed E-state index contributed by atoms with van der Waals surface area (Å²) in [5.74, 6) is -0.523. The van der Waals surface area contributed by atoms with Gasteiger partial charge in [-0.2, -0.15) is 0 Å². The van der Waals surface area contributed by atoms with E-state index < -0.39 is 5.92 Å². The molecule has 2 N–H and O–H groups in total. The van der Waals surface area contributed by atoms with E-state index in [0.717, 1.165) is 5.69 Å². The van der Waals surface area contributed by atoms with Gasteiger partial charge in [0.25, 0.3) is 0 Å². The molecule has 0 aromatic heterocycles. The lowest BCUT2D eigenvalue weighted by atomic mass is 9.74. The zero-order chi connectivity index (χ0) is 18.2. The van der Waals surface area contributed by atoms with E-state index in [4.69, 9.17) is 0 Å². The van der Waals surface area contributed by atoms with Gasteiger partial charge in [0.1, 0.15) is 11.7 Å². The third-order valence-electron chi connectivity index (χ3n) is 5.37. The summed E-state index contributed by atoms with van der Waals surface area (Å²) in [6, 6.07) is 7.24. The maximum absolute atomic E-state index is 13.0. The average Bonchev–Trinajstić information content (AvgIpc) is 2.97. The number of para-hydroxylation sites is 2. The van der Waals surface area contributed by atoms with Crippen molar-refractivity contribution in [2.75, 3.05) is 37.6 Å². The number of nitrogens with zero attached hydrogens (tertiary/aromatic N) is 2. The number of phenols is 1. The Morgan fingerprint density at radius 2 is 1.80 bits per heavy atom. The number of rotatable bonds is 2. The van der Waals surface area contributed by atoms with E-state index in [1.165, 1.54) is 0 Å². The standard InChI is InChI=1S/C19H27N3O3/c1-19(2,3)13-12-20-17(24)16(13)18(25)22-10-8-21(9-11-22)14-6-4-5-7-15(14)23/h4-7,13,16,23H,8-12H2,1-3H3,(H,20,24)/t13-,16-/m0/s1. The number of carbonyl (C=O) groups excluding carboxylic acids is 2. The highest BCUT2D eigenvalue weighted by atomic mass is 16.3. The molecular formula is C19H27N3O3. The molecule has 2 amide bonds. The summed E-state index contributed by atoms with van der Waals surface area (Å²) in [6.07, 6.45) is 0. The summed E-state index contributed by atoms with van der Waals surface area (Å²) >= 11 is 0. The van der Waals surface area contributed by atoms with Crippen molar-refractivity contribution >= 4 is 17.5 Å². The van der Waals surface area contributed by atoms with Crippen LogP contribution in [0.1, 0.15) is 20.8 Å². The van der Waals surface area contributed by atoms with Crippen LogP contribution in [-0.2, 0) is 9.59 Å². The van der Waals surface area contributed by atoms with Gasteiger partial charge in [-0.05, 0) is 17.5 Å². The minimum atomic E-state index is -0.586. The highest BCUT2D eigenvalue weighted by molar-refractivity contribution is 6.02. The van der Waals surface area contributed by atoms with Crippen LogP contribution in [0.5, 0.6) is 5.75 Å². The second-order valence-corrected chi connectivity index (χ2v) is 8.00. The molecule has 25 heavy (non-hydrogen) atoms. The Morgan fingerprint density at radius 1 is 1.16 bits per heavy atom. The molecule has 2 atom stereocenters. The second-order valence-electron chi connectivity index (χ2n) is 8.00. The third-order valence-corrected chi connectivity index (χ3v) is 5.37. The molecule has 0 aliphatic carbocycles. The van der Waals surface area contributed by atoms with E-state index >= 15 is 0 Å². The molecular weight excluding hydrogens is 318 g/mol. The van der Waals surface area contributed by atoms with Gasteiger partial charge in [-0.3, -0.25) is 9.59 Å². The van der Waals surface area contributed by atoms with Crippen LogP contribution < -0.4 is 10.2 Å². The fourth-order valence-electron chi connectivity index (χ4n) is 3.81. The van der Waals surface area contributed by atoms with Gasteiger partial charge in [-0.25, -0.2) is 0 Å². The van der Waals surface area contributed by atoms with Crippen LogP contribution in [0.4, 0.5) is 5.69 Å². The minimum Gasteiger partial charge on any atom is -0.506 e. The lowest BCUT2D eigenvalue weighted by Gasteiger charge is -2.38. The van der Waals surface area contributed by atoms with Crippen molar-refractivity contribution < 1.29 is 14.7 Å². The van der Waals surface area contributed by atoms with Crippen molar-refractivity contribution in [2.45, 2.75) is 20.8 Å². The molecule has 2 aliphatic rings. The number of piperazine rings is 1. The molecule has 1 aromatic carbocycles. The Balaban J connectivity index is 1.67. The molecule has 3 rings (SSSR count). The van der Waals surface area contributed by atoms with Crippen LogP contribution in [-0.4, -0.2) is 54.5 Å². The van der Waals surface area contributed by atoms with Crippen LogP contribution >= 0.6 is 0 Å². The van der Waals surface area contributed by atoms with Gasteiger partial charge in [0, 0.05) is 38.6 Å². The number of benzene rings is 1. The summed E-state index contributed by atoms with van der Waals surface area (Å²) in [4.78, 5) is 29.1. The number of amides is 2. The summed E-state index contributed by atoms with van der Waals surface area (Å²) in [5, 5.41) is 12.9. The minimum absolute atomic E-state index is 0.0173. The van der Waals surface area contributed by atoms with Crippen LogP contribution in [0.25, 0.3) is 0 Å². The van der Waals surface area contributed by atoms with Crippen molar-refractivity contribution in [2.24, 2.45) is 17.3 Å². The van der Waals surface area contributed by atoms with Crippen LogP contribution in [0.2, 0.25) is 0 Å². The average molecular weight is 345 g/mol. The molecule has 2 aliphatic heterocycles. The Morgan fingerprint density at radius 3 is 2.40 bits per heavy atom. The highest BCUT2D eigenvalue weighted by Crippen LogP contribution is 2.36. The molecule has 0 bridgehead atoms. The summed E-state index contributed by atoms with van der Waals surface area (Å²) in [7, 11) is 0. The molecule has 0 saturated carbocycles. The van der Waals surface area contributed by atoms with Crippen LogP contribution in [0.3, 0.4) is 0 Å². The predicted molar refractivity (Wildman–Crippen MR) is 96.3 cm³/mol. The Bertz CT molecular complexity index is 660. The molecule has 2 fully saturated rings. The van der Waals surface area contributed by atoms with E-state index in [-0.39, 0.29) is 28.9 Å². The summed E-state index contributed by atoms with van der Waals surface area (Å²) in [5.41, 5.74) is 0.692. The molecule has 0 radical (unpaired) electrons. The number of anilines is 1. The molecule has 0 unspecified atom stereocenters. The normalized spacial score (nSPS) is 24.4. The number of phenolic OH excluding ortho intramolecular Hbond substituents is 1. The van der Waals surface area contributed by atoms with Gasteiger partial charge >= 0.3 is 0 Å². The molecule has 6 heteroatoms. The van der Waals surface area contributed by atoms with Gasteiger partial charge in [0.05, 0.1) is 5.69 Å². The fourth-order valence-corrected chi connectivity index (χ4v) is 3.81. The van der Waals surface area contributed by atoms with E-state index in [2.05, 4.69) is 31.0 Å². The lowest BCUT2D eigenvalue weighted by molar-refractivity contribution is -0.143. The topological polar surface area (TPSA) is 72.9 Å². The first-order valence-corrected chi connectivity index (χ1v) is 8.88. The highest BCUT2D eigenvalue weighted by Gasteiger charge is 2.47. The first-order chi connectivity index (χ1) is 11.8. The molecule has 2 saturated heterocycles. The van der Waals surface area contributed by atoms with E-state index in [0.29, 0.717) is 32.7 Å². The molecule has 1 aromatic rings. The maximum atomic E-state index is 13.0. The zero-order valence-corrected chi connectivity index (χ0v) is 15.2. The number of hydrogen-bond acceptors (Lipinski definition) is 4. The monoisotopic (exact) mass is 345 g/mol. The summed E-state index contributed by atoms with van der Waals surface area (Å²) < 4.78 is 0. The second kappa shape index (κ2) is 6.58. The van der Waals surface area contributed by atoms with Crippen molar-refractivity contribution in [3.63, 3.8) is 0 Å². The predicted octanol–water partition coefficient (Wildman–Crippen LogP) is 1.45. The molecule has 6 nitrogen and oxygen atoms in total. The van der Waals surface area contributed by atoms with E-state index in [1.807, 2.05) is 12.1 Å². The molecule has 0 spiro atoms. The van der Waals surface area contributed by atoms with Crippen molar-refractivity contribution in [1.29, 1.82) is 0 Å². The Kier molecular flexibility index (Phi) is 4.62. The molecule has 136 valence electrons. The van der Waals surface area contributed by atoms with Gasteiger partial charge in [0.2, 0.25) is 11.8 Å². The van der Waals surface area contributed by atoms with Crippen molar-refractivity contribution in [1.82, 2.24) is 10.2 Å². The zero-order valence-electron chi connectivity index (χ0n) is 15.2. The van der Waals surface area contributed by atoms with E-state index in [1.54, 1.807) is 17.0 Å². The quantitative estimate of drug-likeness (QED) is 0.796. The van der Waals surface area contributed by atoms with Crippen molar-refractivity contribution in [3.8, 4) is 5.75 Å². The first kappa shape index (κ1) is 17.6. The summed E-state index contributed by atoms with van der Waals surface area (Å²) in [6.45, 7) is 9.23. The maximum Gasteiger partial charge on any atom is 0.235 e. The largest absolute Gasteiger partial charge is 0.506 e. The van der Waals surface area contributed by atoms with Gasteiger partial charge in [-0.15, -0.1) is 0 Å². The van der Waals surface area contributed by atoms with Crippen LogP contribution in [0.15, 0.2) is 24.3 Å². The SMILES string of the molecule is CC(C)(C)[C@H]1CNC(=O)[C@H]1C(=O)N1CCN(c2ccccc2O)CC1. The number of carbonyl (C=O) groups is 2. The number of aromatic hydroxyl groups is 1. The Labute approximate surface area is 148 Å². The van der Waals surface area contributed by atoms with Gasteiger partial charge < -0.3 is 20.2 Å². The molecule has 2 heterocycles.